The fourth-order valence-electron chi connectivity index (χ4n) is 3.36. The van der Waals surface area contributed by atoms with Gasteiger partial charge in [0.2, 0.25) is 0 Å². The molecule has 3 fully saturated rings. The summed E-state index contributed by atoms with van der Waals surface area (Å²) in [5.41, 5.74) is 0. The lowest BCUT2D eigenvalue weighted by atomic mass is 10.2. The summed E-state index contributed by atoms with van der Waals surface area (Å²) < 4.78 is 6.77. The molecule has 3 aliphatic rings. The Bertz CT molecular complexity index is 724. The third-order valence-electron chi connectivity index (χ3n) is 4.87. The van der Waals surface area contributed by atoms with Crippen LogP contribution in [0.4, 0.5) is 5.13 Å². The van der Waals surface area contributed by atoms with E-state index in [1.165, 1.54) is 11.3 Å². The molecule has 1 N–H and O–H groups in total. The van der Waals surface area contributed by atoms with Crippen LogP contribution in [-0.2, 0) is 4.74 Å². The van der Waals surface area contributed by atoms with E-state index in [-0.39, 0.29) is 5.91 Å². The van der Waals surface area contributed by atoms with Crippen LogP contribution in [0.15, 0.2) is 6.07 Å². The maximum atomic E-state index is 12.2. The standard InChI is InChI=1S/C15H17N3O2S2/c1-7-2-10(7)16-13(19)11-4-12-14(21-11)17-15(22-12)18-5-9-3-8(18)6-20-9/h4,7-10H,2-3,5-6H2,1H3,(H,16,19)/t7?,8-,9-,10?/m0/s1. The first-order chi connectivity index (χ1) is 10.7. The molecule has 5 rings (SSSR count). The number of aromatic nitrogens is 1. The summed E-state index contributed by atoms with van der Waals surface area (Å²) in [7, 11) is 0. The number of ether oxygens (including phenoxy) is 1. The first-order valence-corrected chi connectivity index (χ1v) is 9.40. The largest absolute Gasteiger partial charge is 0.374 e. The Morgan fingerprint density at radius 1 is 1.45 bits per heavy atom. The van der Waals surface area contributed by atoms with E-state index >= 15 is 0 Å². The van der Waals surface area contributed by atoms with Crippen LogP contribution in [0.25, 0.3) is 9.53 Å². The Labute approximate surface area is 136 Å². The van der Waals surface area contributed by atoms with Crippen molar-refractivity contribution in [1.82, 2.24) is 10.3 Å². The normalized spacial score (nSPS) is 32.9. The van der Waals surface area contributed by atoms with E-state index in [9.17, 15) is 4.79 Å². The molecular weight excluding hydrogens is 318 g/mol. The Morgan fingerprint density at radius 3 is 2.95 bits per heavy atom. The van der Waals surface area contributed by atoms with Crippen molar-refractivity contribution in [1.29, 1.82) is 0 Å². The summed E-state index contributed by atoms with van der Waals surface area (Å²) in [4.78, 5) is 21.1. The fourth-order valence-corrected chi connectivity index (χ4v) is 5.55. The Hall–Kier alpha value is -1.18. The zero-order valence-corrected chi connectivity index (χ0v) is 13.9. The summed E-state index contributed by atoms with van der Waals surface area (Å²) in [6, 6.07) is 2.86. The van der Waals surface area contributed by atoms with E-state index in [0.29, 0.717) is 24.1 Å². The maximum absolute atomic E-state index is 12.2. The van der Waals surface area contributed by atoms with Gasteiger partial charge in [0.25, 0.3) is 5.91 Å². The van der Waals surface area contributed by atoms with Crippen LogP contribution in [0.5, 0.6) is 0 Å². The molecule has 2 aromatic rings. The molecule has 0 spiro atoms. The predicted octanol–water partition coefficient (Wildman–Crippen LogP) is 2.47. The van der Waals surface area contributed by atoms with E-state index in [1.807, 2.05) is 6.07 Å². The van der Waals surface area contributed by atoms with E-state index in [1.54, 1.807) is 11.3 Å². The summed E-state index contributed by atoms with van der Waals surface area (Å²) in [5, 5.41) is 4.17. The Kier molecular flexibility index (Phi) is 2.81. The number of rotatable bonds is 3. The highest BCUT2D eigenvalue weighted by Crippen LogP contribution is 2.39. The van der Waals surface area contributed by atoms with Gasteiger partial charge in [-0.25, -0.2) is 4.98 Å². The van der Waals surface area contributed by atoms with Crippen LogP contribution >= 0.6 is 22.7 Å². The lowest BCUT2D eigenvalue weighted by molar-refractivity contribution is 0.0953. The topological polar surface area (TPSA) is 54.5 Å². The van der Waals surface area contributed by atoms with Crippen molar-refractivity contribution < 1.29 is 9.53 Å². The zero-order valence-electron chi connectivity index (χ0n) is 12.2. The summed E-state index contributed by atoms with van der Waals surface area (Å²) >= 11 is 3.20. The van der Waals surface area contributed by atoms with Crippen molar-refractivity contribution in [3.05, 3.63) is 10.9 Å². The lowest BCUT2D eigenvalue weighted by Crippen LogP contribution is -2.36. The molecule has 0 radical (unpaired) electrons. The SMILES string of the molecule is CC1CC1NC(=O)c1cc2sc(N3C[C@@H]4C[C@H]3CO4)nc2s1. The number of carbonyl (C=O) groups excluding carboxylic acids is 1. The molecule has 5 nitrogen and oxygen atoms in total. The number of anilines is 1. The molecule has 22 heavy (non-hydrogen) atoms. The van der Waals surface area contributed by atoms with Gasteiger partial charge in [0.05, 0.1) is 28.3 Å². The molecule has 2 unspecified atom stereocenters. The van der Waals surface area contributed by atoms with Crippen LogP contribution in [-0.4, -0.2) is 42.2 Å². The Morgan fingerprint density at radius 2 is 2.32 bits per heavy atom. The number of morpholine rings is 1. The number of amides is 1. The number of fused-ring (bicyclic) bond motifs is 3. The third kappa shape index (κ3) is 2.06. The molecule has 2 aliphatic heterocycles. The molecule has 116 valence electrons. The highest BCUT2D eigenvalue weighted by atomic mass is 32.1. The van der Waals surface area contributed by atoms with Crippen molar-refractivity contribution in [2.45, 2.75) is 38.0 Å². The Balaban J connectivity index is 1.37. The summed E-state index contributed by atoms with van der Waals surface area (Å²) in [6.07, 6.45) is 2.61. The second-order valence-corrected chi connectivity index (χ2v) is 8.61. The minimum Gasteiger partial charge on any atom is -0.374 e. The molecule has 7 heteroatoms. The number of nitrogens with one attached hydrogen (secondary N) is 1. The summed E-state index contributed by atoms with van der Waals surface area (Å²) in [6.45, 7) is 3.95. The highest BCUT2D eigenvalue weighted by molar-refractivity contribution is 7.29. The highest BCUT2D eigenvalue weighted by Gasteiger charge is 2.40. The van der Waals surface area contributed by atoms with E-state index in [2.05, 4.69) is 17.1 Å². The average molecular weight is 335 g/mol. The average Bonchev–Trinajstić information content (AvgIpc) is 2.99. The zero-order chi connectivity index (χ0) is 14.8. The van der Waals surface area contributed by atoms with Gasteiger partial charge in [-0.2, -0.15) is 0 Å². The van der Waals surface area contributed by atoms with Gasteiger partial charge >= 0.3 is 0 Å². The molecule has 4 atom stereocenters. The molecule has 2 saturated heterocycles. The number of carbonyl (C=O) groups is 1. The molecule has 0 aromatic carbocycles. The maximum Gasteiger partial charge on any atom is 0.261 e. The van der Waals surface area contributed by atoms with E-state index < -0.39 is 0 Å². The summed E-state index contributed by atoms with van der Waals surface area (Å²) in [5.74, 6) is 0.683. The van der Waals surface area contributed by atoms with Crippen LogP contribution in [0.2, 0.25) is 0 Å². The predicted molar refractivity (Wildman–Crippen MR) is 88.0 cm³/mol. The van der Waals surface area contributed by atoms with Gasteiger partial charge in [-0.05, 0) is 24.8 Å². The van der Waals surface area contributed by atoms with Gasteiger partial charge in [-0.1, -0.05) is 18.3 Å². The molecule has 1 saturated carbocycles. The van der Waals surface area contributed by atoms with Gasteiger partial charge < -0.3 is 15.0 Å². The number of hydrogen-bond donors (Lipinski definition) is 1. The fraction of sp³-hybridized carbons (Fsp3) is 0.600. The van der Waals surface area contributed by atoms with Gasteiger partial charge in [0.1, 0.15) is 4.83 Å². The van der Waals surface area contributed by atoms with Crippen LogP contribution in [0.3, 0.4) is 0 Å². The van der Waals surface area contributed by atoms with Crippen molar-refractivity contribution in [3.8, 4) is 0 Å². The number of nitrogens with zero attached hydrogens (tertiary/aromatic N) is 2. The number of thiophene rings is 1. The molecule has 2 bridgehead atoms. The second-order valence-electron chi connectivity index (χ2n) is 6.57. The first-order valence-electron chi connectivity index (χ1n) is 7.77. The van der Waals surface area contributed by atoms with Crippen LogP contribution in [0, 0.1) is 5.92 Å². The van der Waals surface area contributed by atoms with Crippen LogP contribution < -0.4 is 10.2 Å². The van der Waals surface area contributed by atoms with E-state index in [4.69, 9.17) is 9.72 Å². The molecule has 4 heterocycles. The first kappa shape index (κ1) is 13.3. The minimum absolute atomic E-state index is 0.0553. The smallest absolute Gasteiger partial charge is 0.261 e. The van der Waals surface area contributed by atoms with E-state index in [0.717, 1.165) is 45.5 Å². The molecule has 1 aliphatic carbocycles. The van der Waals surface area contributed by atoms with Crippen molar-refractivity contribution in [2.75, 3.05) is 18.1 Å². The van der Waals surface area contributed by atoms with Gasteiger partial charge in [-0.15, -0.1) is 11.3 Å². The quantitative estimate of drug-likeness (QED) is 0.936. The van der Waals surface area contributed by atoms with Crippen molar-refractivity contribution in [2.24, 2.45) is 5.92 Å². The van der Waals surface area contributed by atoms with Gasteiger partial charge in [0.15, 0.2) is 5.13 Å². The third-order valence-corrected chi connectivity index (χ3v) is 7.07. The molecular formula is C15H17N3O2S2. The van der Waals surface area contributed by atoms with Gasteiger partial charge in [-0.3, -0.25) is 4.79 Å². The number of thiazole rings is 1. The molecule has 1 amide bonds. The lowest BCUT2D eigenvalue weighted by Gasteiger charge is -2.25. The van der Waals surface area contributed by atoms with Crippen molar-refractivity contribution >= 4 is 43.2 Å². The second kappa shape index (κ2) is 4.66. The molecule has 2 aromatic heterocycles. The number of hydrogen-bond acceptors (Lipinski definition) is 6. The minimum atomic E-state index is 0.0553. The van der Waals surface area contributed by atoms with Crippen LogP contribution in [0.1, 0.15) is 29.4 Å². The van der Waals surface area contributed by atoms with Crippen molar-refractivity contribution in [3.63, 3.8) is 0 Å². The van der Waals surface area contributed by atoms with Gasteiger partial charge in [0, 0.05) is 12.6 Å². The monoisotopic (exact) mass is 335 g/mol.